The molecule has 0 spiro atoms. The van der Waals surface area contributed by atoms with Gasteiger partial charge in [0.25, 0.3) is 5.91 Å². The fourth-order valence-electron chi connectivity index (χ4n) is 3.64. The van der Waals surface area contributed by atoms with Gasteiger partial charge in [0.2, 0.25) is 5.91 Å². The maximum atomic E-state index is 12.4. The van der Waals surface area contributed by atoms with Gasteiger partial charge in [0.1, 0.15) is 5.75 Å². The molecule has 0 aliphatic carbocycles. The van der Waals surface area contributed by atoms with Gasteiger partial charge in [-0.05, 0) is 61.1 Å². The molecule has 0 radical (unpaired) electrons. The van der Waals surface area contributed by atoms with Crippen LogP contribution in [0.3, 0.4) is 0 Å². The van der Waals surface area contributed by atoms with Crippen LogP contribution in [0.2, 0.25) is 0 Å². The van der Waals surface area contributed by atoms with Gasteiger partial charge in [0.05, 0.1) is 12.3 Å². The Hall–Kier alpha value is -3.33. The second kappa shape index (κ2) is 13.1. The van der Waals surface area contributed by atoms with E-state index in [4.69, 9.17) is 4.74 Å². The lowest BCUT2D eigenvalue weighted by Crippen LogP contribution is -2.29. The Labute approximate surface area is 217 Å². The van der Waals surface area contributed by atoms with Crippen molar-refractivity contribution in [3.8, 4) is 5.75 Å². The van der Waals surface area contributed by atoms with Crippen LogP contribution in [0.4, 0.5) is 5.69 Å². The van der Waals surface area contributed by atoms with Crippen molar-refractivity contribution in [3.05, 3.63) is 65.0 Å². The number of nitrogens with one attached hydrogen (secondary N) is 2. The number of hydrogen-bond acceptors (Lipinski definition) is 6. The zero-order valence-electron chi connectivity index (χ0n) is 21.6. The van der Waals surface area contributed by atoms with Gasteiger partial charge in [-0.25, -0.2) is 0 Å². The molecule has 0 aliphatic heterocycles. The molecule has 3 aromatic rings. The van der Waals surface area contributed by atoms with Crippen LogP contribution in [0.5, 0.6) is 5.75 Å². The van der Waals surface area contributed by atoms with Crippen molar-refractivity contribution < 1.29 is 14.3 Å². The van der Waals surface area contributed by atoms with Gasteiger partial charge >= 0.3 is 0 Å². The first-order chi connectivity index (χ1) is 17.3. The Bertz CT molecular complexity index is 1170. The summed E-state index contributed by atoms with van der Waals surface area (Å²) in [7, 11) is 0. The molecule has 0 atom stereocenters. The van der Waals surface area contributed by atoms with Gasteiger partial charge in [0.15, 0.2) is 17.6 Å². The van der Waals surface area contributed by atoms with Crippen molar-refractivity contribution in [2.45, 2.75) is 65.2 Å². The largest absolute Gasteiger partial charge is 0.483 e. The van der Waals surface area contributed by atoms with Gasteiger partial charge in [-0.3, -0.25) is 9.59 Å². The lowest BCUT2D eigenvalue weighted by Gasteiger charge is -2.15. The molecule has 2 amide bonds. The Balaban J connectivity index is 1.50. The molecule has 2 aromatic carbocycles. The van der Waals surface area contributed by atoms with E-state index in [1.54, 1.807) is 0 Å². The lowest BCUT2D eigenvalue weighted by atomic mass is 10.0. The van der Waals surface area contributed by atoms with E-state index in [0.29, 0.717) is 23.4 Å². The number of hydrogen-bond donors (Lipinski definition) is 2. The summed E-state index contributed by atoms with van der Waals surface area (Å²) >= 11 is 1.31. The van der Waals surface area contributed by atoms with Crippen LogP contribution in [0.1, 0.15) is 56.1 Å². The van der Waals surface area contributed by atoms with Crippen molar-refractivity contribution in [1.82, 2.24) is 20.1 Å². The molecule has 0 saturated carbocycles. The fraction of sp³-hybridized carbons (Fsp3) is 0.407. The molecule has 9 heteroatoms. The van der Waals surface area contributed by atoms with Gasteiger partial charge in [0, 0.05) is 12.2 Å². The second-order valence-corrected chi connectivity index (χ2v) is 9.73. The van der Waals surface area contributed by atoms with E-state index < -0.39 is 0 Å². The van der Waals surface area contributed by atoms with E-state index in [9.17, 15) is 9.59 Å². The predicted molar refractivity (Wildman–Crippen MR) is 143 cm³/mol. The van der Waals surface area contributed by atoms with Crippen molar-refractivity contribution in [3.63, 3.8) is 0 Å². The second-order valence-electron chi connectivity index (χ2n) is 8.79. The van der Waals surface area contributed by atoms with Gasteiger partial charge in [-0.2, -0.15) is 0 Å². The normalized spacial score (nSPS) is 10.9. The number of thioether (sulfide) groups is 1. The zero-order chi connectivity index (χ0) is 26.1. The van der Waals surface area contributed by atoms with Crippen molar-refractivity contribution in [2.75, 3.05) is 17.7 Å². The molecule has 36 heavy (non-hydrogen) atoms. The first-order valence-corrected chi connectivity index (χ1v) is 13.2. The minimum absolute atomic E-state index is 0.0789. The highest BCUT2D eigenvalue weighted by molar-refractivity contribution is 7.99. The third-order valence-electron chi connectivity index (χ3n) is 5.68. The number of ether oxygens (including phenoxy) is 1. The van der Waals surface area contributed by atoms with Crippen LogP contribution in [-0.4, -0.2) is 38.9 Å². The quantitative estimate of drug-likeness (QED) is 0.343. The third kappa shape index (κ3) is 7.58. The Morgan fingerprint density at radius 3 is 2.47 bits per heavy atom. The monoisotopic (exact) mass is 509 g/mol. The minimum Gasteiger partial charge on any atom is -0.483 e. The first kappa shape index (κ1) is 27.3. The number of amides is 2. The summed E-state index contributed by atoms with van der Waals surface area (Å²) in [6.45, 7) is 11.0. The topological polar surface area (TPSA) is 98.1 Å². The summed E-state index contributed by atoms with van der Waals surface area (Å²) in [5.41, 5.74) is 4.15. The number of aryl methyl sites for hydroxylation is 2. The third-order valence-corrected chi connectivity index (χ3v) is 6.65. The van der Waals surface area contributed by atoms with E-state index in [-0.39, 0.29) is 30.7 Å². The van der Waals surface area contributed by atoms with E-state index >= 15 is 0 Å². The minimum atomic E-state index is -0.237. The number of benzene rings is 2. The Morgan fingerprint density at radius 1 is 1.06 bits per heavy atom. The molecule has 0 bridgehead atoms. The van der Waals surface area contributed by atoms with Crippen molar-refractivity contribution in [1.29, 1.82) is 0 Å². The number of aromatic nitrogens is 3. The SMILES string of the molecule is CCc1ccc(NC(=O)CSc2nnc(CNC(=O)COc3cc(C)ccc3C(C)C)n2CC)cc1. The highest BCUT2D eigenvalue weighted by Gasteiger charge is 2.15. The molecule has 0 unspecified atom stereocenters. The zero-order valence-corrected chi connectivity index (χ0v) is 22.4. The molecule has 0 aliphatic rings. The molecule has 1 heterocycles. The van der Waals surface area contributed by atoms with E-state index in [2.05, 4.69) is 41.6 Å². The number of anilines is 1. The van der Waals surface area contributed by atoms with Crippen LogP contribution in [0.25, 0.3) is 0 Å². The number of carbonyl (C=O) groups excluding carboxylic acids is 2. The van der Waals surface area contributed by atoms with Crippen molar-refractivity contribution >= 4 is 29.3 Å². The van der Waals surface area contributed by atoms with Gasteiger partial charge in [-0.1, -0.05) is 56.8 Å². The molecule has 192 valence electrons. The number of rotatable bonds is 12. The number of nitrogens with zero attached hydrogens (tertiary/aromatic N) is 3. The van der Waals surface area contributed by atoms with Crippen LogP contribution in [0.15, 0.2) is 47.6 Å². The lowest BCUT2D eigenvalue weighted by molar-refractivity contribution is -0.123. The molecule has 0 fully saturated rings. The molecule has 3 rings (SSSR count). The molecule has 1 aromatic heterocycles. The molecule has 0 saturated heterocycles. The molecule has 8 nitrogen and oxygen atoms in total. The molecule has 2 N–H and O–H groups in total. The summed E-state index contributed by atoms with van der Waals surface area (Å²) in [6, 6.07) is 13.9. The summed E-state index contributed by atoms with van der Waals surface area (Å²) in [4.78, 5) is 24.8. The summed E-state index contributed by atoms with van der Waals surface area (Å²) in [5.74, 6) is 1.52. The average molecular weight is 510 g/mol. The maximum absolute atomic E-state index is 12.4. The highest BCUT2D eigenvalue weighted by atomic mass is 32.2. The van der Waals surface area contributed by atoms with Crippen LogP contribution in [-0.2, 0) is 29.1 Å². The number of carbonyl (C=O) groups is 2. The fourth-order valence-corrected chi connectivity index (χ4v) is 4.46. The Kier molecular flexibility index (Phi) is 9.93. The summed E-state index contributed by atoms with van der Waals surface area (Å²) < 4.78 is 7.71. The van der Waals surface area contributed by atoms with Gasteiger partial charge < -0.3 is 19.9 Å². The predicted octanol–water partition coefficient (Wildman–Crippen LogP) is 4.72. The molecular weight excluding hydrogens is 474 g/mol. The smallest absolute Gasteiger partial charge is 0.258 e. The maximum Gasteiger partial charge on any atom is 0.258 e. The standard InChI is InChI=1S/C27H35N5O3S/c1-6-20-9-11-21(12-10-20)29-26(34)17-36-27-31-30-24(32(27)7-2)15-28-25(33)16-35-23-14-19(5)8-13-22(23)18(3)4/h8-14,18H,6-7,15-17H2,1-5H3,(H,28,33)(H,29,34). The average Bonchev–Trinajstić information content (AvgIpc) is 3.27. The summed E-state index contributed by atoms with van der Waals surface area (Å²) in [5, 5.41) is 14.8. The summed E-state index contributed by atoms with van der Waals surface area (Å²) in [6.07, 6.45) is 0.957. The highest BCUT2D eigenvalue weighted by Crippen LogP contribution is 2.27. The van der Waals surface area contributed by atoms with Gasteiger partial charge in [-0.15, -0.1) is 10.2 Å². The van der Waals surface area contributed by atoms with E-state index in [0.717, 1.165) is 29.0 Å². The first-order valence-electron chi connectivity index (χ1n) is 12.2. The Morgan fingerprint density at radius 2 is 1.81 bits per heavy atom. The van der Waals surface area contributed by atoms with E-state index in [1.807, 2.05) is 60.9 Å². The van der Waals surface area contributed by atoms with Crippen LogP contribution in [0, 0.1) is 6.92 Å². The van der Waals surface area contributed by atoms with Crippen molar-refractivity contribution in [2.24, 2.45) is 0 Å². The van der Waals surface area contributed by atoms with Crippen LogP contribution >= 0.6 is 11.8 Å². The van der Waals surface area contributed by atoms with Crippen LogP contribution < -0.4 is 15.4 Å². The van der Waals surface area contributed by atoms with E-state index in [1.165, 1.54) is 17.3 Å². The molecular formula is C27H35N5O3S.